The smallest absolute Gasteiger partial charge is 0.281 e. The van der Waals surface area contributed by atoms with Gasteiger partial charge >= 0.3 is 0 Å². The van der Waals surface area contributed by atoms with E-state index in [-0.39, 0.29) is 23.5 Å². The zero-order chi connectivity index (χ0) is 25.8. The van der Waals surface area contributed by atoms with Crippen LogP contribution >= 0.6 is 12.2 Å². The van der Waals surface area contributed by atoms with Crippen molar-refractivity contribution in [3.05, 3.63) is 71.2 Å². The number of rotatable bonds is 8. The first-order valence-electron chi connectivity index (χ1n) is 11.4. The van der Waals surface area contributed by atoms with Crippen LogP contribution in [0.15, 0.2) is 54.4 Å². The number of carbonyl (C=O) groups excluding carboxylic acids is 2. The number of benzene rings is 2. The average molecular weight is 506 g/mol. The summed E-state index contributed by atoms with van der Waals surface area (Å²) in [5.74, 6) is 0.324. The zero-order valence-electron chi connectivity index (χ0n) is 20.5. The minimum atomic E-state index is -0.285. The van der Waals surface area contributed by atoms with Crippen molar-refractivity contribution in [2.75, 3.05) is 23.4 Å². The van der Waals surface area contributed by atoms with Crippen molar-refractivity contribution in [1.82, 2.24) is 15.1 Å². The molecule has 2 amide bonds. The minimum Gasteiger partial charge on any atom is -0.490 e. The van der Waals surface area contributed by atoms with E-state index in [1.54, 1.807) is 42.2 Å². The van der Waals surface area contributed by atoms with Gasteiger partial charge in [-0.3, -0.25) is 14.3 Å². The number of thiocarbonyl (C=S) groups is 1. The highest BCUT2D eigenvalue weighted by atomic mass is 32.1. The molecular weight excluding hydrogens is 478 g/mol. The summed E-state index contributed by atoms with van der Waals surface area (Å²) in [6, 6.07) is 12.7. The van der Waals surface area contributed by atoms with Gasteiger partial charge in [0.05, 0.1) is 18.0 Å². The van der Waals surface area contributed by atoms with Gasteiger partial charge in [-0.25, -0.2) is 4.90 Å². The maximum atomic E-state index is 13.1. The Bertz CT molecular complexity index is 1350. The van der Waals surface area contributed by atoms with E-state index in [2.05, 4.69) is 15.7 Å². The molecule has 0 radical (unpaired) electrons. The Hall–Kier alpha value is -4.18. The average Bonchev–Trinajstić information content (AvgIpc) is 3.30. The number of nitrogens with one attached hydrogen (secondary N) is 2. The first kappa shape index (κ1) is 24.9. The van der Waals surface area contributed by atoms with Gasteiger partial charge in [-0.15, -0.1) is 0 Å². The summed E-state index contributed by atoms with van der Waals surface area (Å²) in [6.45, 7) is 5.88. The fraction of sp³-hybridized carbons (Fsp3) is 0.231. The van der Waals surface area contributed by atoms with Gasteiger partial charge in [0, 0.05) is 18.9 Å². The zero-order valence-corrected chi connectivity index (χ0v) is 21.3. The molecule has 36 heavy (non-hydrogen) atoms. The quantitative estimate of drug-likeness (QED) is 0.356. The van der Waals surface area contributed by atoms with Crippen molar-refractivity contribution in [2.45, 2.75) is 20.8 Å². The van der Waals surface area contributed by atoms with Crippen LogP contribution in [0.4, 0.5) is 11.4 Å². The van der Waals surface area contributed by atoms with Crippen molar-refractivity contribution in [2.24, 2.45) is 7.05 Å². The standard InChI is InChI=1S/C26H27N5O4S/c1-5-34-23-13-18(8-11-22(23)35-15-24(32)27-19-9-6-16(2)7-10-19)12-20-25(33)31(26(36)28-20)21-14-30(4)29-17(21)3/h6-14H,5,15H2,1-4H3,(H,27,32)(H,28,36)/b20-12+. The molecule has 0 unspecified atom stereocenters. The number of hydrogen-bond acceptors (Lipinski definition) is 6. The molecule has 0 bridgehead atoms. The predicted octanol–water partition coefficient (Wildman–Crippen LogP) is 3.72. The topological polar surface area (TPSA) is 97.7 Å². The predicted molar refractivity (Wildman–Crippen MR) is 142 cm³/mol. The number of nitrogens with zero attached hydrogens (tertiary/aromatic N) is 3. The van der Waals surface area contributed by atoms with Crippen LogP contribution in [-0.4, -0.2) is 39.9 Å². The van der Waals surface area contributed by atoms with E-state index in [0.29, 0.717) is 46.4 Å². The summed E-state index contributed by atoms with van der Waals surface area (Å²) in [4.78, 5) is 26.8. The van der Waals surface area contributed by atoms with E-state index >= 15 is 0 Å². The molecule has 10 heteroatoms. The van der Waals surface area contributed by atoms with Crippen molar-refractivity contribution in [1.29, 1.82) is 0 Å². The molecule has 4 rings (SSSR count). The third kappa shape index (κ3) is 5.55. The molecule has 0 spiro atoms. The molecule has 9 nitrogen and oxygen atoms in total. The lowest BCUT2D eigenvalue weighted by molar-refractivity contribution is -0.118. The van der Waals surface area contributed by atoms with Crippen LogP contribution in [0.3, 0.4) is 0 Å². The molecule has 1 saturated heterocycles. The Labute approximate surface area is 214 Å². The van der Waals surface area contributed by atoms with E-state index in [0.717, 1.165) is 5.56 Å². The van der Waals surface area contributed by atoms with Gasteiger partial charge in [0.15, 0.2) is 23.2 Å². The van der Waals surface area contributed by atoms with E-state index in [4.69, 9.17) is 21.7 Å². The number of carbonyl (C=O) groups is 2. The van der Waals surface area contributed by atoms with Crippen LogP contribution in [0, 0.1) is 13.8 Å². The lowest BCUT2D eigenvalue weighted by Crippen LogP contribution is -2.30. The summed E-state index contributed by atoms with van der Waals surface area (Å²) >= 11 is 5.40. The second-order valence-electron chi connectivity index (χ2n) is 8.24. The molecule has 3 aromatic rings. The minimum absolute atomic E-state index is 0.178. The Kier molecular flexibility index (Phi) is 7.35. The van der Waals surface area contributed by atoms with Crippen LogP contribution in [-0.2, 0) is 16.6 Å². The molecule has 0 saturated carbocycles. The highest BCUT2D eigenvalue weighted by molar-refractivity contribution is 7.80. The third-order valence-corrected chi connectivity index (χ3v) is 5.66. The van der Waals surface area contributed by atoms with E-state index in [9.17, 15) is 9.59 Å². The molecule has 2 N–H and O–H groups in total. The summed E-state index contributed by atoms with van der Waals surface area (Å²) in [6.07, 6.45) is 3.44. The SMILES string of the molecule is CCOc1cc(/C=C2/NC(=S)N(c3cn(C)nc3C)C2=O)ccc1OCC(=O)Nc1ccc(C)cc1. The van der Waals surface area contributed by atoms with E-state index in [1.165, 1.54) is 4.90 Å². The van der Waals surface area contributed by atoms with Gasteiger partial charge in [-0.1, -0.05) is 23.8 Å². The second kappa shape index (κ2) is 10.6. The van der Waals surface area contributed by atoms with Gasteiger partial charge in [0.25, 0.3) is 11.8 Å². The molecule has 1 fully saturated rings. The molecular formula is C26H27N5O4S. The fourth-order valence-corrected chi connectivity index (χ4v) is 4.00. The van der Waals surface area contributed by atoms with Crippen LogP contribution in [0.25, 0.3) is 6.08 Å². The second-order valence-corrected chi connectivity index (χ2v) is 8.63. The molecule has 1 aromatic heterocycles. The number of aryl methyl sites for hydroxylation is 3. The third-order valence-electron chi connectivity index (χ3n) is 5.38. The van der Waals surface area contributed by atoms with Crippen LogP contribution < -0.4 is 25.0 Å². The molecule has 1 aliphatic rings. The van der Waals surface area contributed by atoms with Crippen molar-refractivity contribution in [3.63, 3.8) is 0 Å². The lowest BCUT2D eigenvalue weighted by Gasteiger charge is -2.13. The first-order valence-corrected chi connectivity index (χ1v) is 11.8. The van der Waals surface area contributed by atoms with Crippen molar-refractivity contribution < 1.29 is 19.1 Å². The Balaban J connectivity index is 1.48. The maximum Gasteiger partial charge on any atom is 0.281 e. The Morgan fingerprint density at radius 3 is 2.56 bits per heavy atom. The van der Waals surface area contributed by atoms with Gasteiger partial charge < -0.3 is 20.1 Å². The number of anilines is 2. The molecule has 0 atom stereocenters. The van der Waals surface area contributed by atoms with E-state index < -0.39 is 0 Å². The molecule has 0 aliphatic carbocycles. The highest BCUT2D eigenvalue weighted by Gasteiger charge is 2.34. The largest absolute Gasteiger partial charge is 0.490 e. The lowest BCUT2D eigenvalue weighted by atomic mass is 10.1. The summed E-state index contributed by atoms with van der Waals surface area (Å²) in [5, 5.41) is 10.3. The number of hydrogen-bond donors (Lipinski definition) is 2. The first-order chi connectivity index (χ1) is 17.2. The van der Waals surface area contributed by atoms with E-state index in [1.807, 2.05) is 45.0 Å². The van der Waals surface area contributed by atoms with Crippen LogP contribution in [0.5, 0.6) is 11.5 Å². The molecule has 2 heterocycles. The summed E-state index contributed by atoms with van der Waals surface area (Å²) in [5.41, 5.74) is 4.17. The molecule has 1 aliphatic heterocycles. The summed E-state index contributed by atoms with van der Waals surface area (Å²) in [7, 11) is 1.79. The summed E-state index contributed by atoms with van der Waals surface area (Å²) < 4.78 is 13.1. The molecule has 2 aromatic carbocycles. The fourth-order valence-electron chi connectivity index (χ4n) is 3.71. The highest BCUT2D eigenvalue weighted by Crippen LogP contribution is 2.30. The monoisotopic (exact) mass is 505 g/mol. The van der Waals surface area contributed by atoms with Crippen LogP contribution in [0.1, 0.15) is 23.7 Å². The van der Waals surface area contributed by atoms with Crippen molar-refractivity contribution >= 4 is 46.6 Å². The molecule has 186 valence electrons. The Morgan fingerprint density at radius 2 is 1.89 bits per heavy atom. The normalized spacial score (nSPS) is 14.2. The number of amides is 2. The number of aromatic nitrogens is 2. The van der Waals surface area contributed by atoms with Crippen LogP contribution in [0.2, 0.25) is 0 Å². The van der Waals surface area contributed by atoms with Gasteiger partial charge in [0.1, 0.15) is 5.70 Å². The van der Waals surface area contributed by atoms with Crippen molar-refractivity contribution in [3.8, 4) is 11.5 Å². The number of ether oxygens (including phenoxy) is 2. The van der Waals surface area contributed by atoms with Gasteiger partial charge in [-0.05, 0) is 68.9 Å². The van der Waals surface area contributed by atoms with Gasteiger partial charge in [0.2, 0.25) is 0 Å². The Morgan fingerprint density at radius 1 is 1.14 bits per heavy atom. The maximum absolute atomic E-state index is 13.1. The van der Waals surface area contributed by atoms with Gasteiger partial charge in [-0.2, -0.15) is 5.10 Å².